The molecule has 0 atom stereocenters. The van der Waals surface area contributed by atoms with Crippen LogP contribution in [0.15, 0.2) is 64.0 Å². The number of hydrogen-bond acceptors (Lipinski definition) is 5. The van der Waals surface area contributed by atoms with Crippen LogP contribution in [0.4, 0.5) is 5.82 Å². The number of piperidine rings is 1. The lowest BCUT2D eigenvalue weighted by atomic mass is 9.95. The van der Waals surface area contributed by atoms with Crippen molar-refractivity contribution in [2.75, 3.05) is 18.4 Å². The maximum Gasteiger partial charge on any atom is 0.263 e. The highest BCUT2D eigenvalue weighted by Gasteiger charge is 2.29. The van der Waals surface area contributed by atoms with Crippen molar-refractivity contribution >= 4 is 17.6 Å². The molecule has 0 unspecified atom stereocenters. The number of carbonyl (C=O) groups excluding carboxylic acids is 2. The van der Waals surface area contributed by atoms with Crippen LogP contribution in [0.2, 0.25) is 0 Å². The summed E-state index contributed by atoms with van der Waals surface area (Å²) in [6, 6.07) is 14.6. The van der Waals surface area contributed by atoms with Crippen LogP contribution in [-0.2, 0) is 11.3 Å². The smallest absolute Gasteiger partial charge is 0.263 e. The first kappa shape index (κ1) is 20.6. The maximum atomic E-state index is 13.0. The van der Waals surface area contributed by atoms with E-state index in [4.69, 9.17) is 4.52 Å². The van der Waals surface area contributed by atoms with E-state index >= 15 is 0 Å². The fourth-order valence-corrected chi connectivity index (χ4v) is 3.77. The molecule has 1 saturated heterocycles. The van der Waals surface area contributed by atoms with Crippen LogP contribution in [0.5, 0.6) is 0 Å². The van der Waals surface area contributed by atoms with E-state index in [1.165, 1.54) is 0 Å². The third-order valence-corrected chi connectivity index (χ3v) is 5.48. The molecule has 1 aliphatic rings. The molecule has 1 fully saturated rings. The molecule has 4 rings (SSSR count). The molecular weight excluding hydrogens is 396 g/mol. The van der Waals surface area contributed by atoms with E-state index < -0.39 is 0 Å². The first-order valence-electron chi connectivity index (χ1n) is 10.3. The number of aromatic nitrogens is 2. The van der Waals surface area contributed by atoms with Crippen molar-refractivity contribution in [3.8, 4) is 0 Å². The van der Waals surface area contributed by atoms with Gasteiger partial charge in [0.15, 0.2) is 5.82 Å². The number of likely N-dealkylation sites (tertiary alicyclic amines) is 1. The highest BCUT2D eigenvalue weighted by Crippen LogP contribution is 2.20. The van der Waals surface area contributed by atoms with E-state index in [-0.39, 0.29) is 28.9 Å². The summed E-state index contributed by atoms with van der Waals surface area (Å²) < 4.78 is 6.50. The minimum Gasteiger partial charge on any atom is -0.360 e. The van der Waals surface area contributed by atoms with Gasteiger partial charge in [0.2, 0.25) is 5.91 Å². The third-order valence-electron chi connectivity index (χ3n) is 5.48. The lowest BCUT2D eigenvalue weighted by Crippen LogP contribution is -2.43. The Hall–Kier alpha value is -3.68. The Bertz CT molecular complexity index is 1130. The third kappa shape index (κ3) is 4.74. The highest BCUT2D eigenvalue weighted by atomic mass is 16.5. The minimum atomic E-state index is -0.308. The van der Waals surface area contributed by atoms with Crippen LogP contribution in [0, 0.1) is 12.8 Å². The molecule has 31 heavy (non-hydrogen) atoms. The number of anilines is 1. The summed E-state index contributed by atoms with van der Waals surface area (Å²) in [5.41, 5.74) is 0.834. The van der Waals surface area contributed by atoms with E-state index in [9.17, 15) is 14.4 Å². The van der Waals surface area contributed by atoms with Crippen molar-refractivity contribution in [2.24, 2.45) is 5.92 Å². The van der Waals surface area contributed by atoms with Gasteiger partial charge in [-0.15, -0.1) is 0 Å². The van der Waals surface area contributed by atoms with Gasteiger partial charge in [0.1, 0.15) is 11.3 Å². The zero-order valence-corrected chi connectivity index (χ0v) is 17.3. The van der Waals surface area contributed by atoms with Crippen LogP contribution in [-0.4, -0.2) is 39.5 Å². The van der Waals surface area contributed by atoms with Gasteiger partial charge in [-0.25, -0.2) is 0 Å². The first-order valence-corrected chi connectivity index (χ1v) is 10.3. The molecule has 0 spiro atoms. The molecule has 1 N–H and O–H groups in total. The lowest BCUT2D eigenvalue weighted by molar-refractivity contribution is -0.121. The van der Waals surface area contributed by atoms with Gasteiger partial charge in [-0.3, -0.25) is 14.4 Å². The molecule has 1 aromatic carbocycles. The number of amides is 2. The monoisotopic (exact) mass is 420 g/mol. The highest BCUT2D eigenvalue weighted by molar-refractivity contribution is 5.95. The standard InChI is InChI=1S/C23H24N4O4/c1-16-14-20(25-31-16)24-21(28)18-9-12-26(13-10-18)22(29)19-8-5-11-27(23(19)30)15-17-6-3-2-4-7-17/h2-8,11,14,18H,9-10,12-13,15H2,1H3,(H,24,25,28). The first-order chi connectivity index (χ1) is 15.0. The molecular formula is C23H24N4O4. The number of rotatable bonds is 5. The normalized spacial score (nSPS) is 14.4. The summed E-state index contributed by atoms with van der Waals surface area (Å²) in [7, 11) is 0. The molecule has 3 heterocycles. The molecule has 3 aromatic rings. The molecule has 0 bridgehead atoms. The Morgan fingerprint density at radius 3 is 2.55 bits per heavy atom. The van der Waals surface area contributed by atoms with E-state index in [1.54, 1.807) is 40.8 Å². The molecule has 1 aliphatic heterocycles. The summed E-state index contributed by atoms with van der Waals surface area (Å²) in [6.07, 6.45) is 2.74. The van der Waals surface area contributed by atoms with E-state index in [0.29, 0.717) is 44.1 Å². The Morgan fingerprint density at radius 2 is 1.87 bits per heavy atom. The van der Waals surface area contributed by atoms with Crippen molar-refractivity contribution in [1.82, 2.24) is 14.6 Å². The van der Waals surface area contributed by atoms with Gasteiger partial charge >= 0.3 is 0 Å². The molecule has 0 saturated carbocycles. The van der Waals surface area contributed by atoms with Crippen molar-refractivity contribution < 1.29 is 14.1 Å². The largest absolute Gasteiger partial charge is 0.360 e. The Balaban J connectivity index is 1.39. The Kier molecular flexibility index (Phi) is 5.97. The Morgan fingerprint density at radius 1 is 1.13 bits per heavy atom. The molecule has 2 amide bonds. The average molecular weight is 420 g/mol. The zero-order chi connectivity index (χ0) is 21.8. The van der Waals surface area contributed by atoms with Crippen LogP contribution in [0.3, 0.4) is 0 Å². The maximum absolute atomic E-state index is 13.0. The van der Waals surface area contributed by atoms with E-state index in [1.807, 2.05) is 30.3 Å². The zero-order valence-electron chi connectivity index (χ0n) is 17.3. The quantitative estimate of drug-likeness (QED) is 0.684. The van der Waals surface area contributed by atoms with E-state index in [2.05, 4.69) is 10.5 Å². The summed E-state index contributed by atoms with van der Waals surface area (Å²) >= 11 is 0. The summed E-state index contributed by atoms with van der Waals surface area (Å²) in [6.45, 7) is 3.00. The van der Waals surface area contributed by atoms with Gasteiger partial charge in [-0.05, 0) is 37.5 Å². The van der Waals surface area contributed by atoms with Crippen molar-refractivity contribution in [2.45, 2.75) is 26.3 Å². The number of benzene rings is 1. The molecule has 2 aromatic heterocycles. The number of aryl methyl sites for hydroxylation is 1. The van der Waals surface area contributed by atoms with Crippen molar-refractivity contribution in [3.05, 3.63) is 82.0 Å². The van der Waals surface area contributed by atoms with Gasteiger partial charge in [0.05, 0.1) is 6.54 Å². The van der Waals surface area contributed by atoms with Gasteiger partial charge in [-0.2, -0.15) is 0 Å². The fourth-order valence-electron chi connectivity index (χ4n) is 3.77. The number of pyridine rings is 1. The lowest BCUT2D eigenvalue weighted by Gasteiger charge is -2.31. The summed E-state index contributed by atoms with van der Waals surface area (Å²) in [5, 5.41) is 6.52. The van der Waals surface area contributed by atoms with Gasteiger partial charge in [0, 0.05) is 31.3 Å². The number of hydrogen-bond donors (Lipinski definition) is 1. The molecule has 8 heteroatoms. The second kappa shape index (κ2) is 8.99. The minimum absolute atomic E-state index is 0.134. The second-order valence-electron chi connectivity index (χ2n) is 7.72. The predicted octanol–water partition coefficient (Wildman–Crippen LogP) is 2.68. The number of nitrogens with one attached hydrogen (secondary N) is 1. The SMILES string of the molecule is Cc1cc(NC(=O)C2CCN(C(=O)c3cccn(Cc4ccccc4)c3=O)CC2)no1. The number of nitrogens with zero attached hydrogens (tertiary/aromatic N) is 3. The molecule has 0 radical (unpaired) electrons. The summed E-state index contributed by atoms with van der Waals surface area (Å²) in [4.78, 5) is 39.9. The fraction of sp³-hybridized carbons (Fsp3) is 0.304. The van der Waals surface area contributed by atoms with Crippen LogP contribution >= 0.6 is 0 Å². The molecule has 0 aliphatic carbocycles. The molecule has 160 valence electrons. The average Bonchev–Trinajstić information content (AvgIpc) is 3.20. The number of carbonyl (C=O) groups is 2. The molecule has 8 nitrogen and oxygen atoms in total. The summed E-state index contributed by atoms with van der Waals surface area (Å²) in [5.74, 6) is 0.371. The second-order valence-corrected chi connectivity index (χ2v) is 7.72. The van der Waals surface area contributed by atoms with Gasteiger partial charge in [0.25, 0.3) is 11.5 Å². The van der Waals surface area contributed by atoms with Crippen molar-refractivity contribution in [1.29, 1.82) is 0 Å². The van der Waals surface area contributed by atoms with Crippen molar-refractivity contribution in [3.63, 3.8) is 0 Å². The Labute approximate surface area is 179 Å². The topological polar surface area (TPSA) is 97.4 Å². The van der Waals surface area contributed by atoms with E-state index in [0.717, 1.165) is 5.56 Å². The van der Waals surface area contributed by atoms with Gasteiger partial charge < -0.3 is 19.3 Å². The van der Waals surface area contributed by atoms with Crippen LogP contribution < -0.4 is 10.9 Å². The van der Waals surface area contributed by atoms with Crippen LogP contribution in [0.25, 0.3) is 0 Å². The predicted molar refractivity (Wildman–Crippen MR) is 115 cm³/mol. The van der Waals surface area contributed by atoms with Crippen LogP contribution in [0.1, 0.15) is 34.5 Å². The van der Waals surface area contributed by atoms with Gasteiger partial charge in [-0.1, -0.05) is 35.5 Å².